The number of carbonyl (C=O) groups is 1. The van der Waals surface area contributed by atoms with Crippen LogP contribution in [0.4, 0.5) is 5.69 Å². The Balaban J connectivity index is 1.50. The number of amides is 1. The van der Waals surface area contributed by atoms with E-state index in [-0.39, 0.29) is 17.9 Å². The lowest BCUT2D eigenvalue weighted by Gasteiger charge is -2.25. The number of carbonyl (C=O) groups excluding carboxylic acids is 1. The van der Waals surface area contributed by atoms with Gasteiger partial charge in [-0.1, -0.05) is 32.0 Å². The first kappa shape index (κ1) is 21.6. The monoisotopic (exact) mass is 424 g/mol. The van der Waals surface area contributed by atoms with Crippen molar-refractivity contribution in [2.45, 2.75) is 32.4 Å². The van der Waals surface area contributed by atoms with Gasteiger partial charge in [-0.05, 0) is 35.2 Å². The molecular formula is C22H28N6OS. The van der Waals surface area contributed by atoms with E-state index in [0.29, 0.717) is 6.54 Å². The molecule has 158 valence electrons. The van der Waals surface area contributed by atoms with Crippen molar-refractivity contribution in [3.05, 3.63) is 70.7 Å². The van der Waals surface area contributed by atoms with Gasteiger partial charge in [-0.2, -0.15) is 5.10 Å². The van der Waals surface area contributed by atoms with E-state index >= 15 is 0 Å². The molecule has 0 fully saturated rings. The van der Waals surface area contributed by atoms with Crippen molar-refractivity contribution in [1.29, 1.82) is 0 Å². The lowest BCUT2D eigenvalue weighted by atomic mass is 9.91. The van der Waals surface area contributed by atoms with Crippen molar-refractivity contribution in [3.63, 3.8) is 0 Å². The number of hydrogen-bond acceptors (Lipinski definition) is 4. The Bertz CT molecular complexity index is 963. The third-order valence-electron chi connectivity index (χ3n) is 4.65. The molecule has 1 amide bonds. The Morgan fingerprint density at radius 3 is 2.77 bits per heavy atom. The zero-order valence-electron chi connectivity index (χ0n) is 17.6. The number of aromatic nitrogens is 2. The van der Waals surface area contributed by atoms with E-state index in [1.165, 1.54) is 4.88 Å². The summed E-state index contributed by atoms with van der Waals surface area (Å²) in [6.07, 6.45) is 3.42. The van der Waals surface area contributed by atoms with Crippen LogP contribution in [-0.2, 0) is 23.3 Å². The third-order valence-corrected chi connectivity index (χ3v) is 5.88. The quantitative estimate of drug-likeness (QED) is 0.383. The summed E-state index contributed by atoms with van der Waals surface area (Å²) in [5.41, 5.74) is 1.82. The van der Waals surface area contributed by atoms with Crippen LogP contribution in [0.5, 0.6) is 0 Å². The van der Waals surface area contributed by atoms with E-state index in [4.69, 9.17) is 0 Å². The predicted molar refractivity (Wildman–Crippen MR) is 123 cm³/mol. The van der Waals surface area contributed by atoms with Crippen LogP contribution in [0.2, 0.25) is 0 Å². The highest BCUT2D eigenvalue weighted by Gasteiger charge is 2.21. The van der Waals surface area contributed by atoms with Gasteiger partial charge in [0.15, 0.2) is 5.96 Å². The molecule has 3 aromatic rings. The molecule has 2 heterocycles. The van der Waals surface area contributed by atoms with Crippen LogP contribution < -0.4 is 16.0 Å². The van der Waals surface area contributed by atoms with Gasteiger partial charge in [-0.15, -0.1) is 11.3 Å². The number of aliphatic imine (C=N–C) groups is 1. The van der Waals surface area contributed by atoms with Gasteiger partial charge < -0.3 is 16.0 Å². The molecule has 0 aliphatic heterocycles. The highest BCUT2D eigenvalue weighted by Crippen LogP contribution is 2.26. The van der Waals surface area contributed by atoms with Crippen LogP contribution in [0, 0.1) is 0 Å². The molecule has 0 aliphatic carbocycles. The van der Waals surface area contributed by atoms with E-state index in [2.05, 4.69) is 57.4 Å². The Hall–Kier alpha value is -3.13. The summed E-state index contributed by atoms with van der Waals surface area (Å²) < 4.78 is 1.59. The Morgan fingerprint density at radius 1 is 1.20 bits per heavy atom. The van der Waals surface area contributed by atoms with E-state index < -0.39 is 0 Å². The zero-order valence-corrected chi connectivity index (χ0v) is 18.4. The maximum atomic E-state index is 12.2. The number of guanidine groups is 1. The van der Waals surface area contributed by atoms with Crippen LogP contribution >= 0.6 is 11.3 Å². The average Bonchev–Trinajstić information content (AvgIpc) is 3.43. The minimum absolute atomic E-state index is 0.0184. The Labute approximate surface area is 181 Å². The fraction of sp³-hybridized carbons (Fsp3) is 0.318. The van der Waals surface area contributed by atoms with Crippen molar-refractivity contribution < 1.29 is 4.79 Å². The molecule has 0 unspecified atom stereocenters. The molecule has 1 aromatic carbocycles. The molecule has 0 radical (unpaired) electrons. The second kappa shape index (κ2) is 10.1. The second-order valence-electron chi connectivity index (χ2n) is 7.59. The first-order valence-corrected chi connectivity index (χ1v) is 10.7. The highest BCUT2D eigenvalue weighted by atomic mass is 32.1. The van der Waals surface area contributed by atoms with Gasteiger partial charge >= 0.3 is 0 Å². The summed E-state index contributed by atoms with van der Waals surface area (Å²) >= 11 is 1.77. The summed E-state index contributed by atoms with van der Waals surface area (Å²) in [5, 5.41) is 15.8. The molecule has 2 aromatic heterocycles. The average molecular weight is 425 g/mol. The summed E-state index contributed by atoms with van der Waals surface area (Å²) in [6, 6.07) is 13.8. The molecule has 8 heteroatoms. The van der Waals surface area contributed by atoms with E-state index in [1.54, 1.807) is 41.5 Å². The molecule has 0 aliphatic rings. The maximum absolute atomic E-state index is 12.2. The summed E-state index contributed by atoms with van der Waals surface area (Å²) in [4.78, 5) is 17.8. The van der Waals surface area contributed by atoms with Crippen LogP contribution in [0.15, 0.2) is 65.2 Å². The van der Waals surface area contributed by atoms with Crippen LogP contribution in [0.1, 0.15) is 24.3 Å². The van der Waals surface area contributed by atoms with Gasteiger partial charge in [-0.25, -0.2) is 0 Å². The zero-order chi connectivity index (χ0) is 21.4. The lowest BCUT2D eigenvalue weighted by Crippen LogP contribution is -2.42. The van der Waals surface area contributed by atoms with Gasteiger partial charge in [0.2, 0.25) is 5.91 Å². The van der Waals surface area contributed by atoms with Gasteiger partial charge in [0, 0.05) is 48.5 Å². The molecule has 3 rings (SSSR count). The first-order valence-electron chi connectivity index (χ1n) is 9.81. The number of hydrogen-bond donors (Lipinski definition) is 3. The molecule has 0 saturated carbocycles. The molecule has 30 heavy (non-hydrogen) atoms. The van der Waals surface area contributed by atoms with E-state index in [9.17, 15) is 4.79 Å². The lowest BCUT2D eigenvalue weighted by molar-refractivity contribution is -0.116. The summed E-state index contributed by atoms with van der Waals surface area (Å²) in [5.74, 6) is 0.629. The van der Waals surface area contributed by atoms with Crippen LogP contribution in [0.25, 0.3) is 0 Å². The van der Waals surface area contributed by atoms with E-state index in [0.717, 1.165) is 23.8 Å². The number of nitrogens with zero attached hydrogens (tertiary/aromatic N) is 3. The minimum atomic E-state index is -0.114. The number of benzene rings is 1. The van der Waals surface area contributed by atoms with Gasteiger partial charge in [0.05, 0.1) is 0 Å². The van der Waals surface area contributed by atoms with Crippen molar-refractivity contribution in [1.82, 2.24) is 20.4 Å². The summed E-state index contributed by atoms with van der Waals surface area (Å²) in [7, 11) is 1.76. The van der Waals surface area contributed by atoms with Gasteiger partial charge in [0.1, 0.15) is 6.54 Å². The van der Waals surface area contributed by atoms with Crippen molar-refractivity contribution in [2.75, 3.05) is 18.9 Å². The van der Waals surface area contributed by atoms with Gasteiger partial charge in [-0.3, -0.25) is 14.5 Å². The Kier molecular flexibility index (Phi) is 7.24. The molecule has 0 bridgehead atoms. The smallest absolute Gasteiger partial charge is 0.246 e. The topological polar surface area (TPSA) is 83.3 Å². The standard InChI is InChI=1S/C22H28N6OS/c1-22(2,19-9-5-12-30-19)16-25-21(23-3)24-14-17-7-4-8-18(13-17)27-20(29)15-28-11-6-10-26-28/h4-13H,14-16H2,1-3H3,(H,27,29)(H2,23,24,25). The van der Waals surface area contributed by atoms with E-state index in [1.807, 2.05) is 24.3 Å². The van der Waals surface area contributed by atoms with Crippen LogP contribution in [-0.4, -0.2) is 35.2 Å². The third kappa shape index (κ3) is 6.18. The van der Waals surface area contributed by atoms with Gasteiger partial charge in [0.25, 0.3) is 0 Å². The number of thiophene rings is 1. The predicted octanol–water partition coefficient (Wildman–Crippen LogP) is 3.23. The number of rotatable bonds is 8. The second-order valence-corrected chi connectivity index (χ2v) is 8.54. The number of nitrogens with one attached hydrogen (secondary N) is 3. The van der Waals surface area contributed by atoms with Crippen molar-refractivity contribution in [3.8, 4) is 0 Å². The first-order chi connectivity index (χ1) is 14.5. The van der Waals surface area contributed by atoms with Crippen molar-refractivity contribution in [2.24, 2.45) is 4.99 Å². The normalized spacial score (nSPS) is 11.9. The fourth-order valence-electron chi connectivity index (χ4n) is 2.96. The number of anilines is 1. The SMILES string of the molecule is CN=C(NCc1cccc(NC(=O)Cn2cccn2)c1)NCC(C)(C)c1cccs1. The Morgan fingerprint density at radius 2 is 2.07 bits per heavy atom. The highest BCUT2D eigenvalue weighted by molar-refractivity contribution is 7.10. The molecule has 3 N–H and O–H groups in total. The molecule has 7 nitrogen and oxygen atoms in total. The minimum Gasteiger partial charge on any atom is -0.356 e. The molecular weight excluding hydrogens is 396 g/mol. The maximum Gasteiger partial charge on any atom is 0.246 e. The largest absolute Gasteiger partial charge is 0.356 e. The van der Waals surface area contributed by atoms with Crippen LogP contribution in [0.3, 0.4) is 0 Å². The fourth-order valence-corrected chi connectivity index (χ4v) is 3.81. The van der Waals surface area contributed by atoms with Crippen molar-refractivity contribution >= 4 is 28.9 Å². The molecule has 0 spiro atoms. The molecule has 0 saturated heterocycles. The molecule has 0 atom stereocenters. The summed E-state index contributed by atoms with van der Waals surface area (Å²) in [6.45, 7) is 5.99.